The number of hydrogen-bond acceptors (Lipinski definition) is 7. The van der Waals surface area contributed by atoms with E-state index in [1.54, 1.807) is 18.3 Å². The van der Waals surface area contributed by atoms with Crippen LogP contribution in [0.5, 0.6) is 0 Å². The summed E-state index contributed by atoms with van der Waals surface area (Å²) in [5, 5.41) is 2.56. The molecule has 3 heterocycles. The number of nitrogens with zero attached hydrogens (tertiary/aromatic N) is 3. The molecule has 2 aromatic heterocycles. The molecule has 0 N–H and O–H groups in total. The molecule has 162 valence electrons. The van der Waals surface area contributed by atoms with E-state index in [-0.39, 0.29) is 23.1 Å². The number of aromatic nitrogens is 2. The summed E-state index contributed by atoms with van der Waals surface area (Å²) in [5.74, 6) is -0.587. The molecule has 0 bridgehead atoms. The molecular formula is C22H23N3O4S2. The third kappa shape index (κ3) is 4.84. The van der Waals surface area contributed by atoms with E-state index in [2.05, 4.69) is 9.97 Å². The summed E-state index contributed by atoms with van der Waals surface area (Å²) in [5.41, 5.74) is 1.57. The lowest BCUT2D eigenvalue weighted by molar-refractivity contribution is 0.0468. The first-order valence-corrected chi connectivity index (χ1v) is 12.4. The highest BCUT2D eigenvalue weighted by Crippen LogP contribution is 2.26. The first kappa shape index (κ1) is 21.6. The second-order valence-electron chi connectivity index (χ2n) is 7.42. The average Bonchev–Trinajstić information content (AvgIpc) is 3.27. The quantitative estimate of drug-likeness (QED) is 0.517. The number of pyridine rings is 1. The van der Waals surface area contributed by atoms with Gasteiger partial charge < -0.3 is 4.74 Å². The maximum Gasteiger partial charge on any atom is 0.338 e. The first-order valence-electron chi connectivity index (χ1n) is 10.1. The van der Waals surface area contributed by atoms with E-state index in [9.17, 15) is 13.2 Å². The fourth-order valence-corrected chi connectivity index (χ4v) is 6.08. The lowest BCUT2D eigenvalue weighted by Crippen LogP contribution is -2.41. The van der Waals surface area contributed by atoms with Gasteiger partial charge in [-0.2, -0.15) is 4.31 Å². The molecule has 0 aliphatic carbocycles. The van der Waals surface area contributed by atoms with Crippen molar-refractivity contribution in [2.24, 2.45) is 0 Å². The minimum absolute atomic E-state index is 0.00229. The monoisotopic (exact) mass is 457 g/mol. The standard InChI is InChI=1S/C22H23N3O4S2/c1-16-7-3-5-12-25(16)31(27,28)19-9-6-8-17(13-19)22(26)29-14-18-15-30-21(24-18)20-10-2-4-11-23-20/h2,4,6,8-11,13,15-16H,3,5,7,12,14H2,1H3/t16-/m0/s1. The maximum absolute atomic E-state index is 13.0. The van der Waals surface area contributed by atoms with Crippen LogP contribution < -0.4 is 0 Å². The third-order valence-corrected chi connectivity index (χ3v) is 8.13. The zero-order valence-corrected chi connectivity index (χ0v) is 18.7. The molecule has 0 spiro atoms. The van der Waals surface area contributed by atoms with Gasteiger partial charge in [-0.25, -0.2) is 18.2 Å². The van der Waals surface area contributed by atoms with Gasteiger partial charge in [0.05, 0.1) is 21.8 Å². The van der Waals surface area contributed by atoms with Gasteiger partial charge in [-0.3, -0.25) is 4.98 Å². The van der Waals surface area contributed by atoms with Gasteiger partial charge in [0.25, 0.3) is 0 Å². The molecule has 9 heteroatoms. The van der Waals surface area contributed by atoms with Gasteiger partial charge >= 0.3 is 5.97 Å². The second-order valence-corrected chi connectivity index (χ2v) is 10.2. The molecule has 0 saturated carbocycles. The van der Waals surface area contributed by atoms with E-state index >= 15 is 0 Å². The van der Waals surface area contributed by atoms with Crippen LogP contribution in [0.15, 0.2) is 58.9 Å². The Labute approximate surface area is 185 Å². The van der Waals surface area contributed by atoms with E-state index < -0.39 is 16.0 Å². The number of piperidine rings is 1. The molecule has 31 heavy (non-hydrogen) atoms. The van der Waals surface area contributed by atoms with Crippen molar-refractivity contribution >= 4 is 27.3 Å². The highest BCUT2D eigenvalue weighted by Gasteiger charge is 2.31. The van der Waals surface area contributed by atoms with E-state index in [0.717, 1.165) is 30.0 Å². The highest BCUT2D eigenvalue weighted by molar-refractivity contribution is 7.89. The van der Waals surface area contributed by atoms with Crippen LogP contribution in [0.25, 0.3) is 10.7 Å². The highest BCUT2D eigenvalue weighted by atomic mass is 32.2. The van der Waals surface area contributed by atoms with E-state index in [0.29, 0.717) is 12.2 Å². The lowest BCUT2D eigenvalue weighted by atomic mass is 10.1. The van der Waals surface area contributed by atoms with Crippen LogP contribution in [0.3, 0.4) is 0 Å². The van der Waals surface area contributed by atoms with Gasteiger partial charge in [0.2, 0.25) is 10.0 Å². The fourth-order valence-electron chi connectivity index (χ4n) is 3.55. The van der Waals surface area contributed by atoms with Crippen LogP contribution in [0.2, 0.25) is 0 Å². The Kier molecular flexibility index (Phi) is 6.45. The third-order valence-electron chi connectivity index (χ3n) is 5.21. The molecule has 1 saturated heterocycles. The van der Waals surface area contributed by atoms with Gasteiger partial charge in [0, 0.05) is 24.2 Å². The molecule has 7 nitrogen and oxygen atoms in total. The van der Waals surface area contributed by atoms with Crippen molar-refractivity contribution in [3.8, 4) is 10.7 Å². The van der Waals surface area contributed by atoms with E-state index in [4.69, 9.17) is 4.74 Å². The van der Waals surface area contributed by atoms with Crippen molar-refractivity contribution in [1.82, 2.24) is 14.3 Å². The molecule has 1 atom stereocenters. The molecule has 0 unspecified atom stereocenters. The Morgan fingerprint density at radius 2 is 2.10 bits per heavy atom. The molecule has 1 fully saturated rings. The van der Waals surface area contributed by atoms with E-state index in [1.165, 1.54) is 27.8 Å². The second kappa shape index (κ2) is 9.25. The zero-order valence-electron chi connectivity index (χ0n) is 17.1. The minimum atomic E-state index is -3.65. The van der Waals surface area contributed by atoms with Crippen LogP contribution in [-0.2, 0) is 21.4 Å². The Bertz CT molecular complexity index is 1160. The number of carbonyl (C=O) groups excluding carboxylic acids is 1. The van der Waals surface area contributed by atoms with Gasteiger partial charge in [0.15, 0.2) is 0 Å². The van der Waals surface area contributed by atoms with Gasteiger partial charge in [-0.05, 0) is 50.1 Å². The fraction of sp³-hybridized carbons (Fsp3) is 0.318. The molecule has 3 aromatic rings. The van der Waals surface area contributed by atoms with Crippen molar-refractivity contribution in [2.45, 2.75) is 43.7 Å². The van der Waals surface area contributed by atoms with Crippen molar-refractivity contribution in [3.05, 3.63) is 65.3 Å². The summed E-state index contributed by atoms with van der Waals surface area (Å²) in [6, 6.07) is 11.6. The largest absolute Gasteiger partial charge is 0.456 e. The Balaban J connectivity index is 1.45. The van der Waals surface area contributed by atoms with Crippen molar-refractivity contribution < 1.29 is 17.9 Å². The van der Waals surface area contributed by atoms with Gasteiger partial charge in [-0.15, -0.1) is 11.3 Å². The number of ether oxygens (including phenoxy) is 1. The summed E-state index contributed by atoms with van der Waals surface area (Å²) in [6.45, 7) is 2.42. The van der Waals surface area contributed by atoms with Crippen LogP contribution in [0, 0.1) is 0 Å². The minimum Gasteiger partial charge on any atom is -0.456 e. The maximum atomic E-state index is 13.0. The average molecular weight is 458 g/mol. The Hall–Kier alpha value is -2.62. The molecule has 4 rings (SSSR count). The Morgan fingerprint density at radius 3 is 2.87 bits per heavy atom. The molecule has 1 aromatic carbocycles. The van der Waals surface area contributed by atoms with Crippen molar-refractivity contribution in [1.29, 1.82) is 0 Å². The normalized spacial score (nSPS) is 17.4. The summed E-state index contributed by atoms with van der Waals surface area (Å²) < 4.78 is 33.0. The number of hydrogen-bond donors (Lipinski definition) is 0. The van der Waals surface area contributed by atoms with Gasteiger partial charge in [0.1, 0.15) is 11.6 Å². The molecule has 0 amide bonds. The zero-order chi connectivity index (χ0) is 21.8. The van der Waals surface area contributed by atoms with Gasteiger partial charge in [-0.1, -0.05) is 18.6 Å². The predicted molar refractivity (Wildman–Crippen MR) is 118 cm³/mol. The number of carbonyl (C=O) groups is 1. The number of esters is 1. The summed E-state index contributed by atoms with van der Waals surface area (Å²) >= 11 is 1.42. The van der Waals surface area contributed by atoms with Crippen LogP contribution in [0.1, 0.15) is 42.2 Å². The topological polar surface area (TPSA) is 89.5 Å². The van der Waals surface area contributed by atoms with Crippen LogP contribution >= 0.6 is 11.3 Å². The van der Waals surface area contributed by atoms with Crippen LogP contribution in [-0.4, -0.2) is 41.2 Å². The SMILES string of the molecule is C[C@H]1CCCCN1S(=O)(=O)c1cccc(C(=O)OCc2csc(-c3ccccn3)n2)c1. The summed E-state index contributed by atoms with van der Waals surface area (Å²) in [4.78, 5) is 21.4. The number of sulfonamides is 1. The lowest BCUT2D eigenvalue weighted by Gasteiger charge is -2.32. The first-order chi connectivity index (χ1) is 14.9. The molecule has 1 aliphatic rings. The summed E-state index contributed by atoms with van der Waals surface area (Å²) in [7, 11) is -3.65. The number of thiazole rings is 1. The molecule has 1 aliphatic heterocycles. The van der Waals surface area contributed by atoms with Crippen molar-refractivity contribution in [3.63, 3.8) is 0 Å². The summed E-state index contributed by atoms with van der Waals surface area (Å²) in [6.07, 6.45) is 4.41. The Morgan fingerprint density at radius 1 is 1.23 bits per heavy atom. The van der Waals surface area contributed by atoms with Crippen LogP contribution in [0.4, 0.5) is 0 Å². The predicted octanol–water partition coefficient (Wildman–Crippen LogP) is 4.13. The molecule has 0 radical (unpaired) electrons. The van der Waals surface area contributed by atoms with Crippen molar-refractivity contribution in [2.75, 3.05) is 6.54 Å². The smallest absolute Gasteiger partial charge is 0.338 e. The number of rotatable bonds is 6. The van der Waals surface area contributed by atoms with E-state index in [1.807, 2.05) is 30.5 Å². The molecular weight excluding hydrogens is 434 g/mol. The number of benzene rings is 1.